The molecule has 0 spiro atoms. The largest absolute Gasteiger partial charge is 0.491 e. The minimum absolute atomic E-state index is 0.0102. The van der Waals surface area contributed by atoms with Gasteiger partial charge in [0.15, 0.2) is 0 Å². The Morgan fingerprint density at radius 2 is 1.71 bits per heavy atom. The van der Waals surface area contributed by atoms with Crippen molar-refractivity contribution in [1.82, 2.24) is 14.7 Å². The summed E-state index contributed by atoms with van der Waals surface area (Å²) in [5, 5.41) is 0. The van der Waals surface area contributed by atoms with E-state index >= 15 is 0 Å². The van der Waals surface area contributed by atoms with Crippen molar-refractivity contribution in [1.29, 1.82) is 0 Å². The molecular weight excluding hydrogens is 522 g/mol. The van der Waals surface area contributed by atoms with Crippen molar-refractivity contribution >= 4 is 23.4 Å². The van der Waals surface area contributed by atoms with Gasteiger partial charge in [0.25, 0.3) is 5.91 Å². The fourth-order valence-electron chi connectivity index (χ4n) is 5.78. The van der Waals surface area contributed by atoms with Crippen LogP contribution in [0.5, 0.6) is 5.75 Å². The zero-order valence-corrected chi connectivity index (χ0v) is 23.9. The molecule has 5 rings (SSSR count). The van der Waals surface area contributed by atoms with Crippen LogP contribution >= 0.6 is 0 Å². The highest BCUT2D eigenvalue weighted by molar-refractivity contribution is 5.94. The number of hydrogen-bond donors (Lipinski definition) is 1. The molecule has 10 nitrogen and oxygen atoms in total. The fourth-order valence-corrected chi connectivity index (χ4v) is 5.78. The summed E-state index contributed by atoms with van der Waals surface area (Å²) in [6.07, 6.45) is 1.97. The number of benzene rings is 2. The number of amides is 3. The maximum atomic E-state index is 13.4. The van der Waals surface area contributed by atoms with Gasteiger partial charge in [-0.1, -0.05) is 12.1 Å². The highest BCUT2D eigenvalue weighted by atomic mass is 16.5. The third-order valence-electron chi connectivity index (χ3n) is 8.36. The van der Waals surface area contributed by atoms with Crippen LogP contribution in [0.1, 0.15) is 34.3 Å². The topological polar surface area (TPSA) is 109 Å². The summed E-state index contributed by atoms with van der Waals surface area (Å²) < 4.78 is 11.9. The Bertz CT molecular complexity index is 1240. The molecule has 0 aliphatic carbocycles. The number of carbonyl (C=O) groups is 3. The molecule has 2 aromatic rings. The summed E-state index contributed by atoms with van der Waals surface area (Å²) in [6.45, 7) is 6.27. The molecule has 2 fully saturated rings. The van der Waals surface area contributed by atoms with Gasteiger partial charge in [-0.15, -0.1) is 0 Å². The van der Waals surface area contributed by atoms with Crippen molar-refractivity contribution in [3.05, 3.63) is 59.2 Å². The second kappa shape index (κ2) is 13.4. The van der Waals surface area contributed by atoms with Crippen molar-refractivity contribution in [3.8, 4) is 5.75 Å². The van der Waals surface area contributed by atoms with Crippen LogP contribution in [0.4, 0.5) is 5.69 Å². The van der Waals surface area contributed by atoms with E-state index in [0.717, 1.165) is 35.7 Å². The van der Waals surface area contributed by atoms with Gasteiger partial charge in [-0.25, -0.2) is 0 Å². The molecule has 0 saturated carbocycles. The van der Waals surface area contributed by atoms with Crippen LogP contribution in [-0.4, -0.2) is 112 Å². The number of hydrogen-bond acceptors (Lipinski definition) is 7. The van der Waals surface area contributed by atoms with Gasteiger partial charge in [0.05, 0.1) is 26.3 Å². The first kappa shape index (κ1) is 28.9. The number of likely N-dealkylation sites (N-methyl/N-ethyl adjacent to an activating group) is 1. The van der Waals surface area contributed by atoms with Crippen molar-refractivity contribution in [2.24, 2.45) is 11.7 Å². The SMILES string of the molecule is CN1CCN(C(=O)CN2CCC(C(N)=O)CC2)CCOc2ccc(N3CCOCC3)cc2Cc2cccc(c2)C1=O. The Kier molecular flexibility index (Phi) is 9.41. The summed E-state index contributed by atoms with van der Waals surface area (Å²) in [6, 6.07) is 14.0. The van der Waals surface area contributed by atoms with Gasteiger partial charge in [-0.05, 0) is 61.8 Å². The predicted octanol–water partition coefficient (Wildman–Crippen LogP) is 1.60. The van der Waals surface area contributed by atoms with Crippen LogP contribution in [0, 0.1) is 5.92 Å². The minimum atomic E-state index is -0.265. The molecule has 0 aromatic heterocycles. The second-order valence-electron chi connectivity index (χ2n) is 11.2. The van der Waals surface area contributed by atoms with Gasteiger partial charge >= 0.3 is 0 Å². The van der Waals surface area contributed by atoms with Gasteiger partial charge in [0.1, 0.15) is 12.4 Å². The summed E-state index contributed by atoms with van der Waals surface area (Å²) in [5.74, 6) is 0.325. The Morgan fingerprint density at radius 1 is 0.927 bits per heavy atom. The lowest BCUT2D eigenvalue weighted by Gasteiger charge is -2.33. The van der Waals surface area contributed by atoms with Crippen molar-refractivity contribution in [3.63, 3.8) is 0 Å². The highest BCUT2D eigenvalue weighted by Crippen LogP contribution is 2.29. The molecule has 10 heteroatoms. The molecule has 2 aromatic carbocycles. The smallest absolute Gasteiger partial charge is 0.253 e. The van der Waals surface area contributed by atoms with E-state index in [1.165, 1.54) is 0 Å². The number of anilines is 1. The molecule has 0 atom stereocenters. The van der Waals surface area contributed by atoms with Crippen LogP contribution < -0.4 is 15.4 Å². The number of piperidine rings is 1. The molecule has 0 radical (unpaired) electrons. The summed E-state index contributed by atoms with van der Waals surface area (Å²) >= 11 is 0. The minimum Gasteiger partial charge on any atom is -0.491 e. The van der Waals surface area contributed by atoms with E-state index < -0.39 is 0 Å². The van der Waals surface area contributed by atoms with E-state index in [9.17, 15) is 14.4 Å². The average molecular weight is 564 g/mol. The number of rotatable bonds is 4. The van der Waals surface area contributed by atoms with Crippen LogP contribution in [0.25, 0.3) is 0 Å². The van der Waals surface area contributed by atoms with Crippen LogP contribution in [0.3, 0.4) is 0 Å². The zero-order valence-electron chi connectivity index (χ0n) is 23.9. The molecule has 3 amide bonds. The fraction of sp³-hybridized carbons (Fsp3) is 0.516. The molecule has 2 saturated heterocycles. The number of morpholine rings is 1. The number of carbonyl (C=O) groups excluding carboxylic acids is 3. The van der Waals surface area contributed by atoms with Crippen LogP contribution in [0.2, 0.25) is 0 Å². The quantitative estimate of drug-likeness (QED) is 0.602. The number of fused-ring (bicyclic) bond motifs is 3. The van der Waals surface area contributed by atoms with Crippen molar-refractivity contribution in [2.45, 2.75) is 19.3 Å². The van der Waals surface area contributed by atoms with Crippen molar-refractivity contribution < 1.29 is 23.9 Å². The normalized spacial score (nSPS) is 19.7. The van der Waals surface area contributed by atoms with E-state index in [4.69, 9.17) is 15.2 Å². The third-order valence-corrected chi connectivity index (χ3v) is 8.36. The first-order valence-corrected chi connectivity index (χ1v) is 14.6. The summed E-state index contributed by atoms with van der Waals surface area (Å²) in [4.78, 5) is 46.1. The Morgan fingerprint density at radius 3 is 2.46 bits per heavy atom. The van der Waals surface area contributed by atoms with E-state index in [-0.39, 0.29) is 30.2 Å². The first-order valence-electron chi connectivity index (χ1n) is 14.6. The van der Waals surface area contributed by atoms with Gasteiger partial charge < -0.3 is 29.9 Å². The number of ether oxygens (including phenoxy) is 2. The molecule has 2 N–H and O–H groups in total. The van der Waals surface area contributed by atoms with E-state index in [1.54, 1.807) is 16.8 Å². The first-order chi connectivity index (χ1) is 19.9. The lowest BCUT2D eigenvalue weighted by atomic mass is 9.96. The monoisotopic (exact) mass is 563 g/mol. The van der Waals surface area contributed by atoms with Crippen LogP contribution in [0.15, 0.2) is 42.5 Å². The summed E-state index contributed by atoms with van der Waals surface area (Å²) in [5.41, 5.74) is 9.31. The molecule has 2 bridgehead atoms. The molecule has 3 aliphatic heterocycles. The van der Waals surface area contributed by atoms with Crippen molar-refractivity contribution in [2.75, 3.05) is 84.1 Å². The lowest BCUT2D eigenvalue weighted by Crippen LogP contribution is -2.47. The van der Waals surface area contributed by atoms with E-state index in [2.05, 4.69) is 21.9 Å². The number of primary amides is 1. The van der Waals surface area contributed by atoms with E-state index in [1.807, 2.05) is 30.3 Å². The number of nitrogens with two attached hydrogens (primary N) is 1. The molecular formula is C31H41N5O5. The number of likely N-dealkylation sites (tertiary alicyclic amines) is 1. The van der Waals surface area contributed by atoms with Gasteiger partial charge in [-0.2, -0.15) is 0 Å². The van der Waals surface area contributed by atoms with Gasteiger partial charge in [0, 0.05) is 62.4 Å². The highest BCUT2D eigenvalue weighted by Gasteiger charge is 2.26. The Balaban J connectivity index is 1.35. The number of nitrogens with zero attached hydrogens (tertiary/aromatic N) is 4. The maximum absolute atomic E-state index is 13.4. The zero-order chi connectivity index (χ0) is 28.8. The average Bonchev–Trinajstić information content (AvgIpc) is 2.99. The second-order valence-corrected chi connectivity index (χ2v) is 11.2. The summed E-state index contributed by atoms with van der Waals surface area (Å²) in [7, 11) is 1.78. The molecule has 3 aliphatic rings. The molecule has 41 heavy (non-hydrogen) atoms. The molecule has 3 heterocycles. The lowest BCUT2D eigenvalue weighted by molar-refractivity contribution is -0.133. The van der Waals surface area contributed by atoms with E-state index in [0.29, 0.717) is 77.4 Å². The standard InChI is InChI=1S/C31H41N5O5/c1-33-11-12-36(29(37)22-34-9-7-24(8-10-34)30(32)38)15-18-41-28-6-5-27(35-13-16-40-17-14-35)21-26(28)20-23-3-2-4-25(19-23)31(33)39/h2-6,19,21,24H,7-18,20,22H2,1H3,(H2,32,38). The maximum Gasteiger partial charge on any atom is 0.253 e. The van der Waals surface area contributed by atoms with Gasteiger partial charge in [-0.3, -0.25) is 19.3 Å². The van der Waals surface area contributed by atoms with Crippen LogP contribution in [-0.2, 0) is 20.7 Å². The Labute approximate surface area is 241 Å². The Hall–Kier alpha value is -3.63. The molecule has 0 unspecified atom stereocenters. The third kappa shape index (κ3) is 7.37. The predicted molar refractivity (Wildman–Crippen MR) is 156 cm³/mol. The molecule has 220 valence electrons. The van der Waals surface area contributed by atoms with Gasteiger partial charge in [0.2, 0.25) is 11.8 Å².